The van der Waals surface area contributed by atoms with E-state index in [0.717, 1.165) is 11.3 Å². The first-order valence-electron chi connectivity index (χ1n) is 7.11. The summed E-state index contributed by atoms with van der Waals surface area (Å²) in [4.78, 5) is 13.9. The molecule has 0 aliphatic rings. The summed E-state index contributed by atoms with van der Waals surface area (Å²) in [6, 6.07) is 16.9. The van der Waals surface area contributed by atoms with E-state index in [-0.39, 0.29) is 19.1 Å². The quantitative estimate of drug-likeness (QED) is 0.824. The average Bonchev–Trinajstić information content (AvgIpc) is 2.53. The highest BCUT2D eigenvalue weighted by Crippen LogP contribution is 2.13. The lowest BCUT2D eigenvalue weighted by atomic mass is 10.2. The molecule has 0 unspecified atom stereocenters. The molecule has 0 radical (unpaired) electrons. The molecule has 0 aliphatic carbocycles. The van der Waals surface area contributed by atoms with Crippen LogP contribution in [0, 0.1) is 0 Å². The van der Waals surface area contributed by atoms with Gasteiger partial charge in [-0.05, 0) is 29.8 Å². The summed E-state index contributed by atoms with van der Waals surface area (Å²) in [6.45, 7) is 1.04. The minimum Gasteiger partial charge on any atom is -0.395 e. The van der Waals surface area contributed by atoms with E-state index in [9.17, 15) is 4.79 Å². The van der Waals surface area contributed by atoms with Gasteiger partial charge in [-0.2, -0.15) is 0 Å². The number of anilines is 1. The molecule has 116 valence electrons. The van der Waals surface area contributed by atoms with Crippen LogP contribution < -0.4 is 10.2 Å². The Morgan fingerprint density at radius 1 is 1.14 bits per heavy atom. The number of aliphatic hydroxyl groups is 1. The Bertz CT molecular complexity index is 605. The van der Waals surface area contributed by atoms with Crippen LogP contribution in [-0.4, -0.2) is 30.7 Å². The minimum absolute atomic E-state index is 0.00350. The number of para-hydroxylation sites is 1. The lowest BCUT2D eigenvalue weighted by molar-refractivity contribution is -0.119. The average molecular weight is 319 g/mol. The Hall–Kier alpha value is -2.04. The summed E-state index contributed by atoms with van der Waals surface area (Å²) in [5.41, 5.74) is 1.86. The molecule has 2 rings (SSSR count). The van der Waals surface area contributed by atoms with Crippen molar-refractivity contribution in [1.82, 2.24) is 5.32 Å². The topological polar surface area (TPSA) is 52.6 Å². The molecule has 0 spiro atoms. The summed E-state index contributed by atoms with van der Waals surface area (Å²) < 4.78 is 0. The smallest absolute Gasteiger partial charge is 0.239 e. The van der Waals surface area contributed by atoms with Crippen molar-refractivity contribution in [3.8, 4) is 0 Å². The van der Waals surface area contributed by atoms with E-state index in [1.54, 1.807) is 6.07 Å². The molecule has 5 heteroatoms. The molecule has 0 saturated carbocycles. The SMILES string of the molecule is O=C(CN(CCO)c1ccccc1)NCc1cccc(Cl)c1. The van der Waals surface area contributed by atoms with Crippen LogP contribution in [0.5, 0.6) is 0 Å². The number of nitrogens with one attached hydrogen (secondary N) is 1. The van der Waals surface area contributed by atoms with Gasteiger partial charge in [0.2, 0.25) is 5.91 Å². The van der Waals surface area contributed by atoms with Gasteiger partial charge in [-0.15, -0.1) is 0 Å². The lowest BCUT2D eigenvalue weighted by Gasteiger charge is -2.23. The van der Waals surface area contributed by atoms with Gasteiger partial charge in [-0.3, -0.25) is 4.79 Å². The van der Waals surface area contributed by atoms with Crippen molar-refractivity contribution >= 4 is 23.2 Å². The molecule has 2 aromatic rings. The molecule has 0 saturated heterocycles. The monoisotopic (exact) mass is 318 g/mol. The highest BCUT2D eigenvalue weighted by molar-refractivity contribution is 6.30. The fourth-order valence-corrected chi connectivity index (χ4v) is 2.35. The van der Waals surface area contributed by atoms with Crippen LogP contribution in [0.25, 0.3) is 0 Å². The number of hydrogen-bond donors (Lipinski definition) is 2. The van der Waals surface area contributed by atoms with Crippen molar-refractivity contribution in [3.63, 3.8) is 0 Å². The van der Waals surface area contributed by atoms with Crippen LogP contribution in [0.3, 0.4) is 0 Å². The van der Waals surface area contributed by atoms with Crippen molar-refractivity contribution < 1.29 is 9.90 Å². The second kappa shape index (κ2) is 8.41. The van der Waals surface area contributed by atoms with E-state index in [1.165, 1.54) is 0 Å². The van der Waals surface area contributed by atoms with Crippen molar-refractivity contribution in [1.29, 1.82) is 0 Å². The summed E-state index contributed by atoms with van der Waals surface area (Å²) in [5, 5.41) is 12.7. The number of amides is 1. The molecule has 0 aromatic heterocycles. The highest BCUT2D eigenvalue weighted by atomic mass is 35.5. The Kier molecular flexibility index (Phi) is 6.25. The van der Waals surface area contributed by atoms with Gasteiger partial charge < -0.3 is 15.3 Å². The number of benzene rings is 2. The van der Waals surface area contributed by atoms with Gasteiger partial charge in [0, 0.05) is 23.8 Å². The molecule has 1 amide bonds. The second-order valence-corrected chi connectivity index (χ2v) is 5.32. The standard InChI is InChI=1S/C17H19ClN2O2/c18-15-6-4-5-14(11-15)12-19-17(22)13-20(9-10-21)16-7-2-1-3-8-16/h1-8,11,21H,9-10,12-13H2,(H,19,22). The van der Waals surface area contributed by atoms with Crippen molar-refractivity contribution in [2.75, 3.05) is 24.6 Å². The van der Waals surface area contributed by atoms with E-state index in [0.29, 0.717) is 18.1 Å². The molecule has 0 atom stereocenters. The maximum atomic E-state index is 12.1. The molecule has 2 aromatic carbocycles. The van der Waals surface area contributed by atoms with Gasteiger partial charge in [-0.1, -0.05) is 41.9 Å². The first-order valence-corrected chi connectivity index (χ1v) is 7.49. The largest absolute Gasteiger partial charge is 0.395 e. The minimum atomic E-state index is -0.0997. The third kappa shape index (κ3) is 5.06. The van der Waals surface area contributed by atoms with Crippen LogP contribution in [0.15, 0.2) is 54.6 Å². The van der Waals surface area contributed by atoms with Crippen molar-refractivity contribution in [2.24, 2.45) is 0 Å². The van der Waals surface area contributed by atoms with Crippen LogP contribution in [0.2, 0.25) is 5.02 Å². The van der Waals surface area contributed by atoms with Crippen LogP contribution in [0.1, 0.15) is 5.56 Å². The van der Waals surface area contributed by atoms with E-state index in [2.05, 4.69) is 5.32 Å². The van der Waals surface area contributed by atoms with Gasteiger partial charge in [0.25, 0.3) is 0 Å². The molecule has 0 fully saturated rings. The van der Waals surface area contributed by atoms with Gasteiger partial charge in [0.1, 0.15) is 0 Å². The maximum absolute atomic E-state index is 12.1. The number of carbonyl (C=O) groups is 1. The molecular formula is C17H19ClN2O2. The molecule has 2 N–H and O–H groups in total. The summed E-state index contributed by atoms with van der Waals surface area (Å²) in [6.07, 6.45) is 0. The number of hydrogen-bond acceptors (Lipinski definition) is 3. The van der Waals surface area contributed by atoms with Crippen LogP contribution in [0.4, 0.5) is 5.69 Å². The van der Waals surface area contributed by atoms with Gasteiger partial charge in [0.05, 0.1) is 13.2 Å². The Labute approximate surface area is 135 Å². The zero-order valence-electron chi connectivity index (χ0n) is 12.2. The number of aliphatic hydroxyl groups excluding tert-OH is 1. The number of carbonyl (C=O) groups excluding carboxylic acids is 1. The van der Waals surface area contributed by atoms with Crippen LogP contribution in [-0.2, 0) is 11.3 Å². The summed E-state index contributed by atoms with van der Waals surface area (Å²) >= 11 is 5.92. The second-order valence-electron chi connectivity index (χ2n) is 4.89. The van der Waals surface area contributed by atoms with Gasteiger partial charge in [0.15, 0.2) is 0 Å². The fourth-order valence-electron chi connectivity index (χ4n) is 2.14. The van der Waals surface area contributed by atoms with E-state index in [1.807, 2.05) is 53.4 Å². The van der Waals surface area contributed by atoms with Crippen molar-refractivity contribution in [3.05, 3.63) is 65.2 Å². The van der Waals surface area contributed by atoms with E-state index < -0.39 is 0 Å². The van der Waals surface area contributed by atoms with E-state index in [4.69, 9.17) is 16.7 Å². The predicted molar refractivity (Wildman–Crippen MR) is 89.0 cm³/mol. The molecular weight excluding hydrogens is 300 g/mol. The summed E-state index contributed by atoms with van der Waals surface area (Å²) in [5.74, 6) is -0.0997. The Balaban J connectivity index is 1.91. The first kappa shape index (κ1) is 16.3. The van der Waals surface area contributed by atoms with Gasteiger partial charge >= 0.3 is 0 Å². The number of halogens is 1. The zero-order valence-corrected chi connectivity index (χ0v) is 13.0. The third-order valence-corrected chi connectivity index (χ3v) is 3.44. The lowest BCUT2D eigenvalue weighted by Crippen LogP contribution is -2.38. The molecule has 22 heavy (non-hydrogen) atoms. The molecule has 0 aliphatic heterocycles. The molecule has 4 nitrogen and oxygen atoms in total. The highest BCUT2D eigenvalue weighted by Gasteiger charge is 2.10. The Morgan fingerprint density at radius 2 is 1.91 bits per heavy atom. The maximum Gasteiger partial charge on any atom is 0.239 e. The first-order chi connectivity index (χ1) is 10.7. The molecule has 0 bridgehead atoms. The predicted octanol–water partition coefficient (Wildman–Crippen LogP) is 2.46. The fraction of sp³-hybridized carbons (Fsp3) is 0.235. The third-order valence-electron chi connectivity index (χ3n) is 3.20. The summed E-state index contributed by atoms with van der Waals surface area (Å²) in [7, 11) is 0. The normalized spacial score (nSPS) is 10.3. The van der Waals surface area contributed by atoms with E-state index >= 15 is 0 Å². The zero-order chi connectivity index (χ0) is 15.8. The number of nitrogens with zero attached hydrogens (tertiary/aromatic N) is 1. The Morgan fingerprint density at radius 3 is 2.59 bits per heavy atom. The van der Waals surface area contributed by atoms with Crippen LogP contribution >= 0.6 is 11.6 Å². The molecule has 0 heterocycles. The van der Waals surface area contributed by atoms with Gasteiger partial charge in [-0.25, -0.2) is 0 Å². The number of rotatable bonds is 7. The van der Waals surface area contributed by atoms with Crippen molar-refractivity contribution in [2.45, 2.75) is 6.54 Å².